The van der Waals surface area contributed by atoms with E-state index in [1.807, 2.05) is 24.3 Å². The van der Waals surface area contributed by atoms with Crippen molar-refractivity contribution in [2.75, 3.05) is 13.2 Å². The molecule has 4 unspecified atom stereocenters. The Labute approximate surface area is 197 Å². The van der Waals surface area contributed by atoms with E-state index in [4.69, 9.17) is 9.84 Å². The highest BCUT2D eigenvalue weighted by Crippen LogP contribution is 2.49. The second kappa shape index (κ2) is 9.10. The van der Waals surface area contributed by atoms with Crippen molar-refractivity contribution in [3.63, 3.8) is 0 Å². The Hall–Kier alpha value is -3.39. The van der Waals surface area contributed by atoms with Gasteiger partial charge in [0.1, 0.15) is 6.61 Å². The molecular weight excluding hydrogens is 436 g/mol. The molecule has 2 bridgehead atoms. The molecule has 2 fully saturated rings. The van der Waals surface area contributed by atoms with Gasteiger partial charge in [-0.05, 0) is 53.4 Å². The van der Waals surface area contributed by atoms with Crippen molar-refractivity contribution in [2.45, 2.75) is 37.3 Å². The predicted molar refractivity (Wildman–Crippen MR) is 123 cm³/mol. The lowest BCUT2D eigenvalue weighted by Crippen LogP contribution is -2.51. The van der Waals surface area contributed by atoms with Gasteiger partial charge in [0, 0.05) is 12.0 Å². The van der Waals surface area contributed by atoms with Crippen LogP contribution >= 0.6 is 0 Å². The summed E-state index contributed by atoms with van der Waals surface area (Å²) >= 11 is 0. The fourth-order valence-corrected chi connectivity index (χ4v) is 6.05. The average Bonchev–Trinajstić information content (AvgIpc) is 3.53. The molecule has 2 amide bonds. The number of hydrogen-bond acceptors (Lipinski definition) is 5. The second-order valence-electron chi connectivity index (χ2n) is 9.45. The number of ether oxygens (including phenoxy) is 1. The SMILES string of the molecule is O=C(NC1C2CCC(C2)C1C(=O)NC[C@H](O)C(=O)O)OCC1c2ccccc2-c2ccccc21. The number of carbonyl (C=O) groups is 3. The minimum atomic E-state index is -1.66. The van der Waals surface area contributed by atoms with Crippen LogP contribution in [0.1, 0.15) is 36.3 Å². The monoisotopic (exact) mass is 464 g/mol. The second-order valence-corrected chi connectivity index (χ2v) is 9.45. The van der Waals surface area contributed by atoms with Crippen molar-refractivity contribution in [3.8, 4) is 11.1 Å². The number of amides is 2. The topological polar surface area (TPSA) is 125 Å². The molecule has 2 aromatic rings. The van der Waals surface area contributed by atoms with Crippen LogP contribution in [0.4, 0.5) is 4.79 Å². The van der Waals surface area contributed by atoms with Crippen molar-refractivity contribution >= 4 is 18.0 Å². The minimum absolute atomic E-state index is 0.0465. The molecule has 34 heavy (non-hydrogen) atoms. The number of rotatable bonds is 7. The summed E-state index contributed by atoms with van der Waals surface area (Å²) in [5, 5.41) is 23.8. The molecule has 4 N–H and O–H groups in total. The molecule has 3 aliphatic rings. The summed E-state index contributed by atoms with van der Waals surface area (Å²) < 4.78 is 5.67. The molecule has 178 valence electrons. The van der Waals surface area contributed by atoms with Gasteiger partial charge in [0.15, 0.2) is 6.10 Å². The highest BCUT2D eigenvalue weighted by atomic mass is 16.5. The quantitative estimate of drug-likeness (QED) is 0.499. The standard InChI is InChI=1S/C26H28N2O6/c29-21(25(31)32)12-27-24(30)22-14-9-10-15(11-14)23(22)28-26(33)34-13-20-18-7-3-1-5-16(18)17-6-2-4-8-19(17)20/h1-8,14-15,20-23,29H,9-13H2,(H,27,30)(H,28,33)(H,31,32)/t14?,15?,21-,22?,23?/m0/s1. The zero-order valence-corrected chi connectivity index (χ0v) is 18.6. The average molecular weight is 465 g/mol. The van der Waals surface area contributed by atoms with E-state index in [0.717, 1.165) is 41.5 Å². The molecule has 0 saturated heterocycles. The lowest BCUT2D eigenvalue weighted by atomic mass is 9.83. The van der Waals surface area contributed by atoms with Gasteiger partial charge in [0.25, 0.3) is 0 Å². The highest BCUT2D eigenvalue weighted by molar-refractivity contribution is 5.83. The Morgan fingerprint density at radius 2 is 1.59 bits per heavy atom. The molecule has 0 radical (unpaired) electrons. The first-order valence-electron chi connectivity index (χ1n) is 11.7. The van der Waals surface area contributed by atoms with E-state index in [0.29, 0.717) is 0 Å². The molecule has 0 aliphatic heterocycles. The fourth-order valence-electron chi connectivity index (χ4n) is 6.05. The molecule has 5 rings (SSSR count). The van der Waals surface area contributed by atoms with Gasteiger partial charge >= 0.3 is 12.1 Å². The molecule has 5 atom stereocenters. The summed E-state index contributed by atoms with van der Waals surface area (Å²) in [7, 11) is 0. The van der Waals surface area contributed by atoms with Gasteiger partial charge in [-0.1, -0.05) is 48.5 Å². The van der Waals surface area contributed by atoms with Crippen LogP contribution < -0.4 is 10.6 Å². The van der Waals surface area contributed by atoms with Crippen LogP contribution in [0.3, 0.4) is 0 Å². The summed E-state index contributed by atoms with van der Waals surface area (Å²) in [6.07, 6.45) is 0.459. The molecule has 2 aromatic carbocycles. The lowest BCUT2D eigenvalue weighted by molar-refractivity contribution is -0.146. The summed E-state index contributed by atoms with van der Waals surface area (Å²) in [6.45, 7) is -0.165. The summed E-state index contributed by atoms with van der Waals surface area (Å²) in [6, 6.07) is 15.9. The predicted octanol–water partition coefficient (Wildman–Crippen LogP) is 2.50. The molecule has 0 heterocycles. The highest BCUT2D eigenvalue weighted by Gasteiger charge is 2.51. The Bertz CT molecular complexity index is 1070. The first-order chi connectivity index (χ1) is 16.4. The van der Waals surface area contributed by atoms with Gasteiger partial charge < -0.3 is 25.6 Å². The van der Waals surface area contributed by atoms with Crippen molar-refractivity contribution in [1.29, 1.82) is 0 Å². The molecular formula is C26H28N2O6. The number of fused-ring (bicyclic) bond motifs is 5. The van der Waals surface area contributed by atoms with Crippen LogP contribution in [0, 0.1) is 17.8 Å². The van der Waals surface area contributed by atoms with Crippen LogP contribution in [0.5, 0.6) is 0 Å². The number of nitrogens with one attached hydrogen (secondary N) is 2. The number of hydrogen-bond donors (Lipinski definition) is 4. The smallest absolute Gasteiger partial charge is 0.407 e. The number of carbonyl (C=O) groups excluding carboxylic acids is 2. The normalized spacial score (nSPS) is 25.3. The van der Waals surface area contributed by atoms with Crippen LogP contribution in [-0.4, -0.2) is 53.5 Å². The van der Waals surface area contributed by atoms with E-state index in [1.54, 1.807) is 0 Å². The van der Waals surface area contributed by atoms with Crippen LogP contribution in [0.25, 0.3) is 11.1 Å². The largest absolute Gasteiger partial charge is 0.479 e. The Morgan fingerprint density at radius 1 is 0.971 bits per heavy atom. The summed E-state index contributed by atoms with van der Waals surface area (Å²) in [5.41, 5.74) is 4.57. The van der Waals surface area contributed by atoms with E-state index in [2.05, 4.69) is 34.9 Å². The third-order valence-electron chi connectivity index (χ3n) is 7.60. The van der Waals surface area contributed by atoms with Gasteiger partial charge in [0.2, 0.25) is 5.91 Å². The van der Waals surface area contributed by atoms with Crippen LogP contribution in [0.2, 0.25) is 0 Å². The first kappa shape index (κ1) is 22.4. The molecule has 8 nitrogen and oxygen atoms in total. The van der Waals surface area contributed by atoms with E-state index in [9.17, 15) is 19.5 Å². The Morgan fingerprint density at radius 3 is 2.24 bits per heavy atom. The van der Waals surface area contributed by atoms with Crippen molar-refractivity contribution in [1.82, 2.24) is 10.6 Å². The van der Waals surface area contributed by atoms with E-state index < -0.39 is 24.1 Å². The third-order valence-corrected chi connectivity index (χ3v) is 7.60. The fraction of sp³-hybridized carbons (Fsp3) is 0.423. The Balaban J connectivity index is 1.23. The van der Waals surface area contributed by atoms with Crippen molar-refractivity contribution in [2.24, 2.45) is 17.8 Å². The zero-order chi connectivity index (χ0) is 23.8. The van der Waals surface area contributed by atoms with Gasteiger partial charge in [-0.15, -0.1) is 0 Å². The van der Waals surface area contributed by atoms with E-state index in [1.165, 1.54) is 0 Å². The number of carboxylic acids is 1. The lowest BCUT2D eigenvalue weighted by Gasteiger charge is -2.30. The maximum absolute atomic E-state index is 12.8. The molecule has 0 aromatic heterocycles. The maximum Gasteiger partial charge on any atom is 0.407 e. The molecule has 0 spiro atoms. The Kier molecular flexibility index (Phi) is 6.00. The van der Waals surface area contributed by atoms with E-state index >= 15 is 0 Å². The van der Waals surface area contributed by atoms with Crippen LogP contribution in [-0.2, 0) is 14.3 Å². The van der Waals surface area contributed by atoms with Gasteiger partial charge in [-0.3, -0.25) is 4.79 Å². The number of aliphatic hydroxyl groups is 1. The van der Waals surface area contributed by atoms with Gasteiger partial charge in [-0.2, -0.15) is 0 Å². The van der Waals surface area contributed by atoms with Crippen LogP contribution in [0.15, 0.2) is 48.5 Å². The van der Waals surface area contributed by atoms with Crippen molar-refractivity contribution < 1.29 is 29.3 Å². The molecule has 3 aliphatic carbocycles. The first-order valence-corrected chi connectivity index (χ1v) is 11.7. The number of aliphatic carboxylic acids is 1. The van der Waals surface area contributed by atoms with Gasteiger partial charge in [0.05, 0.1) is 12.5 Å². The van der Waals surface area contributed by atoms with Gasteiger partial charge in [-0.25, -0.2) is 9.59 Å². The number of alkyl carbamates (subject to hydrolysis) is 1. The summed E-state index contributed by atoms with van der Waals surface area (Å²) in [5.74, 6) is -1.91. The number of benzene rings is 2. The number of carboxylic acid groups (broad SMARTS) is 1. The summed E-state index contributed by atoms with van der Waals surface area (Å²) in [4.78, 5) is 36.4. The zero-order valence-electron chi connectivity index (χ0n) is 18.6. The van der Waals surface area contributed by atoms with Crippen molar-refractivity contribution in [3.05, 3.63) is 59.7 Å². The minimum Gasteiger partial charge on any atom is -0.479 e. The third kappa shape index (κ3) is 4.03. The maximum atomic E-state index is 12.8. The number of aliphatic hydroxyl groups excluding tert-OH is 1. The molecule has 2 saturated carbocycles. The molecule has 8 heteroatoms. The van der Waals surface area contributed by atoms with E-state index in [-0.39, 0.29) is 42.9 Å².